The molecule has 0 fully saturated rings. The number of halogens is 3. The third kappa shape index (κ3) is 3.22. The molecule has 0 saturated carbocycles. The molecular formula is C12H13F3O2. The molecule has 1 rings (SSSR count). The Balaban J connectivity index is 3.05. The zero-order valence-electron chi connectivity index (χ0n) is 9.45. The largest absolute Gasteiger partial charge is 0.481 e. The molecule has 17 heavy (non-hydrogen) atoms. The molecule has 0 spiro atoms. The zero-order valence-corrected chi connectivity index (χ0v) is 9.45. The van der Waals surface area contributed by atoms with Crippen molar-refractivity contribution in [3.05, 3.63) is 35.4 Å². The van der Waals surface area contributed by atoms with Crippen molar-refractivity contribution in [1.82, 2.24) is 0 Å². The van der Waals surface area contributed by atoms with Crippen LogP contribution < -0.4 is 0 Å². The topological polar surface area (TPSA) is 37.3 Å². The number of carbonyl (C=O) groups is 1. The number of hydrogen-bond acceptors (Lipinski definition) is 1. The highest BCUT2D eigenvalue weighted by atomic mass is 19.4. The van der Waals surface area contributed by atoms with Crippen molar-refractivity contribution in [2.75, 3.05) is 0 Å². The third-order valence-electron chi connectivity index (χ3n) is 2.53. The molecule has 5 heteroatoms. The molecule has 1 atom stereocenters. The van der Waals surface area contributed by atoms with Gasteiger partial charge in [-0.15, -0.1) is 0 Å². The predicted octanol–water partition coefficient (Wildman–Crippen LogP) is 3.53. The van der Waals surface area contributed by atoms with E-state index in [2.05, 4.69) is 0 Å². The zero-order chi connectivity index (χ0) is 13.2. The highest BCUT2D eigenvalue weighted by Gasteiger charge is 2.31. The van der Waals surface area contributed by atoms with E-state index in [1.807, 2.05) is 0 Å². The quantitative estimate of drug-likeness (QED) is 0.885. The second-order valence-corrected chi connectivity index (χ2v) is 4.18. The van der Waals surface area contributed by atoms with Crippen LogP contribution in [0.2, 0.25) is 0 Å². The molecule has 1 N–H and O–H groups in total. The lowest BCUT2D eigenvalue weighted by Gasteiger charge is -2.17. The molecule has 1 aromatic rings. The van der Waals surface area contributed by atoms with Gasteiger partial charge in [-0.1, -0.05) is 26.0 Å². The summed E-state index contributed by atoms with van der Waals surface area (Å²) in [7, 11) is 0. The summed E-state index contributed by atoms with van der Waals surface area (Å²) < 4.78 is 37.0. The van der Waals surface area contributed by atoms with Crippen molar-refractivity contribution in [1.29, 1.82) is 0 Å². The van der Waals surface area contributed by atoms with Crippen molar-refractivity contribution < 1.29 is 23.1 Å². The molecule has 0 amide bonds. The second-order valence-electron chi connectivity index (χ2n) is 4.18. The van der Waals surface area contributed by atoms with Crippen LogP contribution in [0, 0.1) is 5.92 Å². The van der Waals surface area contributed by atoms with Gasteiger partial charge in [0.25, 0.3) is 0 Å². The summed E-state index contributed by atoms with van der Waals surface area (Å²) in [5.74, 6) is -1.98. The molecule has 0 aliphatic heterocycles. The van der Waals surface area contributed by atoms with Gasteiger partial charge in [-0.25, -0.2) is 0 Å². The van der Waals surface area contributed by atoms with Crippen LogP contribution in [0.25, 0.3) is 0 Å². The summed E-state index contributed by atoms with van der Waals surface area (Å²) in [6.45, 7) is 3.44. The van der Waals surface area contributed by atoms with E-state index in [9.17, 15) is 18.0 Å². The van der Waals surface area contributed by atoms with Gasteiger partial charge in [-0.05, 0) is 23.6 Å². The van der Waals surface area contributed by atoms with Crippen LogP contribution in [0.1, 0.15) is 30.9 Å². The Kier molecular flexibility index (Phi) is 3.80. The van der Waals surface area contributed by atoms with Gasteiger partial charge in [0.15, 0.2) is 0 Å². The fourth-order valence-electron chi connectivity index (χ4n) is 1.69. The van der Waals surface area contributed by atoms with Crippen LogP contribution in [0.4, 0.5) is 13.2 Å². The molecule has 94 valence electrons. The maximum Gasteiger partial charge on any atom is 0.416 e. The first-order chi connectivity index (χ1) is 7.73. The summed E-state index contributed by atoms with van der Waals surface area (Å²) in [6, 6.07) is 4.27. The number of hydrogen-bond donors (Lipinski definition) is 1. The van der Waals surface area contributed by atoms with Crippen molar-refractivity contribution in [2.24, 2.45) is 5.92 Å². The molecule has 0 aliphatic carbocycles. The Bertz CT molecular complexity index is 393. The number of alkyl halides is 3. The van der Waals surface area contributed by atoms with E-state index in [-0.39, 0.29) is 5.92 Å². The van der Waals surface area contributed by atoms with Crippen molar-refractivity contribution in [3.8, 4) is 0 Å². The molecule has 0 heterocycles. The summed E-state index contributed by atoms with van der Waals surface area (Å²) >= 11 is 0. The minimum atomic E-state index is -4.39. The van der Waals surface area contributed by atoms with Gasteiger partial charge >= 0.3 is 12.1 Å². The molecule has 2 nitrogen and oxygen atoms in total. The predicted molar refractivity (Wildman–Crippen MR) is 56.7 cm³/mol. The number of benzene rings is 1. The normalized spacial score (nSPS) is 13.8. The summed E-state index contributed by atoms with van der Waals surface area (Å²) in [6.07, 6.45) is -4.39. The van der Waals surface area contributed by atoms with E-state index in [4.69, 9.17) is 5.11 Å². The fraction of sp³-hybridized carbons (Fsp3) is 0.417. The van der Waals surface area contributed by atoms with Crippen molar-refractivity contribution in [2.45, 2.75) is 25.9 Å². The molecule has 1 aromatic carbocycles. The molecule has 1 unspecified atom stereocenters. The maximum atomic E-state index is 12.3. The molecule has 0 radical (unpaired) electrons. The van der Waals surface area contributed by atoms with Crippen LogP contribution in [0.3, 0.4) is 0 Å². The summed E-state index contributed by atoms with van der Waals surface area (Å²) in [5.41, 5.74) is -0.380. The Labute approximate surface area is 97.1 Å². The van der Waals surface area contributed by atoms with Gasteiger partial charge in [-0.3, -0.25) is 4.79 Å². The van der Waals surface area contributed by atoms with Crippen LogP contribution in [-0.4, -0.2) is 11.1 Å². The first-order valence-corrected chi connectivity index (χ1v) is 5.13. The minimum absolute atomic E-state index is 0.177. The average molecular weight is 246 g/mol. The van der Waals surface area contributed by atoms with Gasteiger partial charge < -0.3 is 5.11 Å². The van der Waals surface area contributed by atoms with E-state index in [1.165, 1.54) is 12.1 Å². The smallest absolute Gasteiger partial charge is 0.416 e. The molecular weight excluding hydrogens is 233 g/mol. The maximum absolute atomic E-state index is 12.3. The fourth-order valence-corrected chi connectivity index (χ4v) is 1.69. The van der Waals surface area contributed by atoms with E-state index in [0.717, 1.165) is 12.1 Å². The Hall–Kier alpha value is -1.52. The molecule has 0 bridgehead atoms. The van der Waals surface area contributed by atoms with Gasteiger partial charge in [0.1, 0.15) is 0 Å². The second kappa shape index (κ2) is 4.77. The molecule has 0 saturated heterocycles. The van der Waals surface area contributed by atoms with Crippen LogP contribution in [0.5, 0.6) is 0 Å². The Morgan fingerprint density at radius 2 is 1.65 bits per heavy atom. The van der Waals surface area contributed by atoms with E-state index < -0.39 is 23.6 Å². The minimum Gasteiger partial charge on any atom is -0.481 e. The van der Waals surface area contributed by atoms with Crippen LogP contribution in [-0.2, 0) is 11.0 Å². The summed E-state index contributed by atoms with van der Waals surface area (Å²) in [5, 5.41) is 9.00. The lowest BCUT2D eigenvalue weighted by molar-refractivity contribution is -0.139. The highest BCUT2D eigenvalue weighted by molar-refractivity contribution is 5.76. The Morgan fingerprint density at radius 1 is 1.18 bits per heavy atom. The average Bonchev–Trinajstić information content (AvgIpc) is 2.15. The van der Waals surface area contributed by atoms with Crippen molar-refractivity contribution in [3.63, 3.8) is 0 Å². The van der Waals surface area contributed by atoms with Gasteiger partial charge in [-0.2, -0.15) is 13.2 Å². The van der Waals surface area contributed by atoms with Gasteiger partial charge in [0.05, 0.1) is 11.5 Å². The van der Waals surface area contributed by atoms with E-state index in [1.54, 1.807) is 13.8 Å². The number of aliphatic carboxylic acids is 1. The SMILES string of the molecule is CC(C)C(C(=O)O)c1ccc(C(F)(F)F)cc1. The Morgan fingerprint density at radius 3 is 1.94 bits per heavy atom. The monoisotopic (exact) mass is 246 g/mol. The van der Waals surface area contributed by atoms with E-state index >= 15 is 0 Å². The first-order valence-electron chi connectivity index (χ1n) is 5.13. The van der Waals surface area contributed by atoms with Gasteiger partial charge in [0.2, 0.25) is 0 Å². The van der Waals surface area contributed by atoms with Crippen LogP contribution in [0.15, 0.2) is 24.3 Å². The third-order valence-corrected chi connectivity index (χ3v) is 2.53. The number of carboxylic acids is 1. The number of rotatable bonds is 3. The summed E-state index contributed by atoms with van der Waals surface area (Å²) in [4.78, 5) is 11.0. The van der Waals surface area contributed by atoms with Crippen molar-refractivity contribution >= 4 is 5.97 Å². The molecule has 0 aromatic heterocycles. The lowest BCUT2D eigenvalue weighted by Crippen LogP contribution is -2.17. The first kappa shape index (κ1) is 13.5. The lowest BCUT2D eigenvalue weighted by atomic mass is 9.88. The van der Waals surface area contributed by atoms with Crippen LogP contribution >= 0.6 is 0 Å². The number of carboxylic acid groups (broad SMARTS) is 1. The standard InChI is InChI=1S/C12H13F3O2/c1-7(2)10(11(16)17)8-3-5-9(6-4-8)12(13,14)15/h3-7,10H,1-2H3,(H,16,17). The molecule has 0 aliphatic rings. The van der Waals surface area contributed by atoms with Gasteiger partial charge in [0, 0.05) is 0 Å². The highest BCUT2D eigenvalue weighted by Crippen LogP contribution is 2.31. The van der Waals surface area contributed by atoms with E-state index in [0.29, 0.717) is 5.56 Å².